The number of hydrogen-bond acceptors (Lipinski definition) is 6. The fourth-order valence-electron chi connectivity index (χ4n) is 2.61. The van der Waals surface area contributed by atoms with Crippen molar-refractivity contribution in [3.63, 3.8) is 0 Å². The van der Waals surface area contributed by atoms with E-state index in [9.17, 15) is 33.2 Å². The highest BCUT2D eigenvalue weighted by molar-refractivity contribution is 7.86. The molecule has 0 fully saturated rings. The van der Waals surface area contributed by atoms with Gasteiger partial charge in [-0.25, -0.2) is 0 Å². The molecule has 10 heteroatoms. The molecule has 0 unspecified atom stereocenters. The third kappa shape index (κ3) is 2.43. The zero-order chi connectivity index (χ0) is 17.6. The third-order valence-electron chi connectivity index (χ3n) is 3.55. The Hall–Kier alpha value is -3.11. The van der Waals surface area contributed by atoms with Crippen molar-refractivity contribution < 1.29 is 22.8 Å². The molecular weight excluding hydrogens is 340 g/mol. The van der Waals surface area contributed by atoms with E-state index in [2.05, 4.69) is 0 Å². The van der Waals surface area contributed by atoms with Crippen molar-refractivity contribution in [3.05, 3.63) is 62.7 Å². The molecular formula is C14H8N2O7S. The molecule has 3 rings (SSSR count). The zero-order valence-electron chi connectivity index (χ0n) is 11.7. The first kappa shape index (κ1) is 15.8. The average molecular weight is 348 g/mol. The van der Waals surface area contributed by atoms with Gasteiger partial charge in [0.1, 0.15) is 0 Å². The summed E-state index contributed by atoms with van der Waals surface area (Å²) < 4.78 is 32.9. The number of nitro groups is 2. The first-order valence-electron chi connectivity index (χ1n) is 6.46. The van der Waals surface area contributed by atoms with Crippen molar-refractivity contribution >= 4 is 43.0 Å². The summed E-state index contributed by atoms with van der Waals surface area (Å²) >= 11 is 0. The van der Waals surface area contributed by atoms with Crippen LogP contribution in [0.2, 0.25) is 0 Å². The molecule has 0 atom stereocenters. The van der Waals surface area contributed by atoms with Gasteiger partial charge in [-0.2, -0.15) is 8.42 Å². The molecule has 0 aliphatic carbocycles. The van der Waals surface area contributed by atoms with Crippen LogP contribution in [-0.2, 0) is 10.1 Å². The van der Waals surface area contributed by atoms with Crippen LogP contribution in [0.4, 0.5) is 11.4 Å². The van der Waals surface area contributed by atoms with Crippen LogP contribution in [-0.4, -0.2) is 22.8 Å². The number of nitrogens with zero attached hydrogens (tertiary/aromatic N) is 2. The first-order chi connectivity index (χ1) is 11.2. The van der Waals surface area contributed by atoms with E-state index in [0.717, 1.165) is 6.07 Å². The molecule has 9 nitrogen and oxygen atoms in total. The number of benzene rings is 3. The normalized spacial score (nSPS) is 11.7. The number of hydrogen-bond donors (Lipinski definition) is 1. The van der Waals surface area contributed by atoms with Crippen LogP contribution < -0.4 is 0 Å². The molecule has 0 aliphatic heterocycles. The largest absolute Gasteiger partial charge is 0.367 e. The SMILES string of the molecule is O=[N+]([O-])c1cc2cc3ccccc3cc2c(S(=O)(=O)O)c1[N+](=O)[O-]. The average Bonchev–Trinajstić information content (AvgIpc) is 2.49. The number of nitro benzene ring substituents is 2. The maximum absolute atomic E-state index is 11.7. The quantitative estimate of drug-likeness (QED) is 0.332. The van der Waals surface area contributed by atoms with Crippen LogP contribution in [0.1, 0.15) is 0 Å². The van der Waals surface area contributed by atoms with Crippen LogP contribution >= 0.6 is 0 Å². The molecule has 24 heavy (non-hydrogen) atoms. The summed E-state index contributed by atoms with van der Waals surface area (Å²) in [5, 5.41) is 23.5. The van der Waals surface area contributed by atoms with Crippen molar-refractivity contribution in [1.82, 2.24) is 0 Å². The van der Waals surface area contributed by atoms with Crippen molar-refractivity contribution in [2.75, 3.05) is 0 Å². The van der Waals surface area contributed by atoms with Crippen LogP contribution in [0.5, 0.6) is 0 Å². The maximum atomic E-state index is 11.7. The summed E-state index contributed by atoms with van der Waals surface area (Å²) in [6.45, 7) is 0. The fraction of sp³-hybridized carbons (Fsp3) is 0. The molecule has 0 saturated carbocycles. The molecule has 122 valence electrons. The predicted molar refractivity (Wildman–Crippen MR) is 84.6 cm³/mol. The Morgan fingerprint density at radius 2 is 1.46 bits per heavy atom. The van der Waals surface area contributed by atoms with E-state index in [-0.39, 0.29) is 10.8 Å². The second kappa shape index (κ2) is 5.22. The van der Waals surface area contributed by atoms with E-state index in [1.807, 2.05) is 0 Å². The highest BCUT2D eigenvalue weighted by Crippen LogP contribution is 2.41. The topological polar surface area (TPSA) is 141 Å². The van der Waals surface area contributed by atoms with Gasteiger partial charge in [-0.3, -0.25) is 24.8 Å². The van der Waals surface area contributed by atoms with Gasteiger partial charge in [-0.1, -0.05) is 24.3 Å². The lowest BCUT2D eigenvalue weighted by Gasteiger charge is -2.08. The Labute approximate surface area is 134 Å². The van der Waals surface area contributed by atoms with Crippen molar-refractivity contribution in [2.24, 2.45) is 0 Å². The molecule has 0 bridgehead atoms. The number of rotatable bonds is 3. The van der Waals surface area contributed by atoms with Gasteiger partial charge in [0.05, 0.1) is 9.85 Å². The summed E-state index contributed by atoms with van der Waals surface area (Å²) in [6.07, 6.45) is 0. The summed E-state index contributed by atoms with van der Waals surface area (Å²) in [5.74, 6) is 0. The van der Waals surface area contributed by atoms with E-state index in [4.69, 9.17) is 0 Å². The summed E-state index contributed by atoms with van der Waals surface area (Å²) in [5.41, 5.74) is -2.26. The standard InChI is InChI=1S/C14H8N2O7S/c17-15(18)12-7-10-5-8-3-1-2-4-9(8)6-11(10)14(24(21,22)23)13(12)16(19)20/h1-7H,(H,21,22,23). The molecule has 0 saturated heterocycles. The van der Waals surface area contributed by atoms with Crippen molar-refractivity contribution in [1.29, 1.82) is 0 Å². The Morgan fingerprint density at radius 3 is 1.96 bits per heavy atom. The molecule has 3 aromatic carbocycles. The van der Waals surface area contributed by atoms with Gasteiger partial charge in [0.15, 0.2) is 4.90 Å². The Bertz CT molecular complexity index is 1140. The van der Waals surface area contributed by atoms with Crippen LogP contribution in [0, 0.1) is 20.2 Å². The smallest absolute Gasteiger partial charge is 0.282 e. The minimum absolute atomic E-state index is 0.0959. The lowest BCUT2D eigenvalue weighted by Crippen LogP contribution is -2.07. The van der Waals surface area contributed by atoms with E-state index in [1.54, 1.807) is 24.3 Å². The molecule has 0 amide bonds. The predicted octanol–water partition coefficient (Wildman–Crippen LogP) is 3.06. The van der Waals surface area contributed by atoms with Gasteiger partial charge in [0.25, 0.3) is 0 Å². The number of fused-ring (bicyclic) bond motifs is 2. The van der Waals surface area contributed by atoms with Crippen LogP contribution in [0.25, 0.3) is 21.5 Å². The molecule has 0 spiro atoms. The summed E-state index contributed by atoms with van der Waals surface area (Å²) in [7, 11) is -5.08. The Kier molecular flexibility index (Phi) is 3.43. The van der Waals surface area contributed by atoms with Gasteiger partial charge in [0, 0.05) is 11.5 Å². The van der Waals surface area contributed by atoms with Gasteiger partial charge >= 0.3 is 21.5 Å². The molecule has 3 aromatic rings. The lowest BCUT2D eigenvalue weighted by atomic mass is 10.0. The lowest BCUT2D eigenvalue weighted by molar-refractivity contribution is -0.424. The molecule has 0 heterocycles. The van der Waals surface area contributed by atoms with Crippen molar-refractivity contribution in [2.45, 2.75) is 4.90 Å². The Balaban J connectivity index is 2.65. The second-order valence-electron chi connectivity index (χ2n) is 4.98. The molecule has 0 radical (unpaired) electrons. The molecule has 0 aromatic heterocycles. The first-order valence-corrected chi connectivity index (χ1v) is 7.90. The molecule has 1 N–H and O–H groups in total. The maximum Gasteiger partial charge on any atom is 0.367 e. The fourth-order valence-corrected chi connectivity index (χ4v) is 3.49. The van der Waals surface area contributed by atoms with Gasteiger partial charge in [0.2, 0.25) is 0 Å². The van der Waals surface area contributed by atoms with E-state index < -0.39 is 36.2 Å². The summed E-state index contributed by atoms with van der Waals surface area (Å²) in [4.78, 5) is 19.0. The van der Waals surface area contributed by atoms with E-state index in [0.29, 0.717) is 10.8 Å². The minimum atomic E-state index is -5.08. The van der Waals surface area contributed by atoms with Crippen LogP contribution in [0.15, 0.2) is 47.4 Å². The highest BCUT2D eigenvalue weighted by Gasteiger charge is 2.37. The highest BCUT2D eigenvalue weighted by atomic mass is 32.2. The monoisotopic (exact) mass is 348 g/mol. The third-order valence-corrected chi connectivity index (χ3v) is 4.48. The van der Waals surface area contributed by atoms with E-state index in [1.165, 1.54) is 12.1 Å². The molecule has 0 aliphatic rings. The zero-order valence-corrected chi connectivity index (χ0v) is 12.6. The van der Waals surface area contributed by atoms with E-state index >= 15 is 0 Å². The van der Waals surface area contributed by atoms with Crippen molar-refractivity contribution in [3.8, 4) is 0 Å². The van der Waals surface area contributed by atoms with Crippen LogP contribution in [0.3, 0.4) is 0 Å². The van der Waals surface area contributed by atoms with Gasteiger partial charge in [-0.05, 0) is 28.3 Å². The Morgan fingerprint density at radius 1 is 0.875 bits per heavy atom. The van der Waals surface area contributed by atoms with Gasteiger partial charge < -0.3 is 0 Å². The minimum Gasteiger partial charge on any atom is -0.282 e. The van der Waals surface area contributed by atoms with Gasteiger partial charge in [-0.15, -0.1) is 0 Å². The summed E-state index contributed by atoms with van der Waals surface area (Å²) in [6, 6.07) is 10.5. The second-order valence-corrected chi connectivity index (χ2v) is 6.34.